The van der Waals surface area contributed by atoms with Crippen molar-refractivity contribution in [2.24, 2.45) is 0 Å². The minimum atomic E-state index is -0.0421. The van der Waals surface area contributed by atoms with E-state index in [9.17, 15) is 4.79 Å². The number of carbonyl (C=O) groups excluding carboxylic acids is 1. The average molecular weight is 351 g/mol. The van der Waals surface area contributed by atoms with Crippen molar-refractivity contribution >= 4 is 27.5 Å². The molecule has 0 bridgehead atoms. The number of hydrogen-bond acceptors (Lipinski definition) is 2. The Labute approximate surface area is 133 Å². The molecule has 1 aromatic heterocycles. The van der Waals surface area contributed by atoms with Gasteiger partial charge in [0.1, 0.15) is 11.4 Å². The van der Waals surface area contributed by atoms with Crippen molar-refractivity contribution in [3.05, 3.63) is 46.7 Å². The second-order valence-corrected chi connectivity index (χ2v) is 6.02. The number of hydrogen-bond donors (Lipinski definition) is 0. The third-order valence-electron chi connectivity index (χ3n) is 3.36. The Morgan fingerprint density at radius 3 is 2.43 bits per heavy atom. The van der Waals surface area contributed by atoms with Crippen molar-refractivity contribution < 1.29 is 9.53 Å². The average Bonchev–Trinajstić information content (AvgIpc) is 2.88. The van der Waals surface area contributed by atoms with Gasteiger partial charge in [-0.1, -0.05) is 0 Å². The van der Waals surface area contributed by atoms with Gasteiger partial charge in [0.2, 0.25) is 0 Å². The zero-order valence-electron chi connectivity index (χ0n) is 12.6. The van der Waals surface area contributed by atoms with Gasteiger partial charge in [0.05, 0.1) is 7.11 Å². The molecule has 1 aromatic carbocycles. The summed E-state index contributed by atoms with van der Waals surface area (Å²) >= 11 is 3.44. The van der Waals surface area contributed by atoms with E-state index in [-0.39, 0.29) is 11.9 Å². The smallest absolute Gasteiger partial charge is 0.274 e. The molecule has 0 saturated heterocycles. The van der Waals surface area contributed by atoms with E-state index in [0.717, 1.165) is 15.9 Å². The zero-order valence-corrected chi connectivity index (χ0v) is 14.2. The van der Waals surface area contributed by atoms with Gasteiger partial charge in [-0.3, -0.25) is 4.79 Å². The summed E-state index contributed by atoms with van der Waals surface area (Å²) in [7, 11) is 3.40. The number of methoxy groups -OCH3 is 1. The second-order valence-electron chi connectivity index (χ2n) is 5.11. The molecule has 5 heteroatoms. The lowest BCUT2D eigenvalue weighted by atomic mass is 10.2. The molecule has 0 N–H and O–H groups in total. The van der Waals surface area contributed by atoms with Gasteiger partial charge in [0.25, 0.3) is 5.91 Å². The maximum atomic E-state index is 12.7. The standard InChI is InChI=1S/C16H19BrN2O2/c1-11(2)19-10-12(17)9-15(19)16(20)18(3)13-5-7-14(21-4)8-6-13/h5-11H,1-4H3. The molecule has 21 heavy (non-hydrogen) atoms. The lowest BCUT2D eigenvalue weighted by Crippen LogP contribution is -2.28. The monoisotopic (exact) mass is 350 g/mol. The van der Waals surface area contributed by atoms with E-state index < -0.39 is 0 Å². The Morgan fingerprint density at radius 1 is 1.29 bits per heavy atom. The lowest BCUT2D eigenvalue weighted by Gasteiger charge is -2.20. The number of anilines is 1. The van der Waals surface area contributed by atoms with Crippen LogP contribution in [-0.2, 0) is 0 Å². The molecule has 0 fully saturated rings. The summed E-state index contributed by atoms with van der Waals surface area (Å²) in [6.07, 6.45) is 1.93. The molecule has 0 saturated carbocycles. The lowest BCUT2D eigenvalue weighted by molar-refractivity contribution is 0.0982. The topological polar surface area (TPSA) is 34.5 Å². The predicted molar refractivity (Wildman–Crippen MR) is 88.2 cm³/mol. The van der Waals surface area contributed by atoms with E-state index in [2.05, 4.69) is 29.8 Å². The van der Waals surface area contributed by atoms with Crippen LogP contribution in [0.15, 0.2) is 41.0 Å². The van der Waals surface area contributed by atoms with E-state index in [1.54, 1.807) is 19.1 Å². The third-order valence-corrected chi connectivity index (χ3v) is 3.79. The van der Waals surface area contributed by atoms with Gasteiger partial charge in [-0.05, 0) is 60.1 Å². The number of carbonyl (C=O) groups is 1. The predicted octanol–water partition coefficient (Wildman–Crippen LogP) is 4.12. The highest BCUT2D eigenvalue weighted by atomic mass is 79.9. The Kier molecular flexibility index (Phi) is 4.73. The van der Waals surface area contributed by atoms with Crippen LogP contribution in [0.1, 0.15) is 30.4 Å². The van der Waals surface area contributed by atoms with Crippen LogP contribution in [0.3, 0.4) is 0 Å². The van der Waals surface area contributed by atoms with Crippen LogP contribution >= 0.6 is 15.9 Å². The van der Waals surface area contributed by atoms with Crippen LogP contribution in [-0.4, -0.2) is 24.6 Å². The normalized spacial score (nSPS) is 10.8. The van der Waals surface area contributed by atoms with Crippen LogP contribution in [0.2, 0.25) is 0 Å². The number of ether oxygens (including phenoxy) is 1. The summed E-state index contributed by atoms with van der Waals surface area (Å²) in [4.78, 5) is 14.3. The van der Waals surface area contributed by atoms with Crippen LogP contribution in [0.5, 0.6) is 5.75 Å². The van der Waals surface area contributed by atoms with E-state index in [4.69, 9.17) is 4.74 Å². The van der Waals surface area contributed by atoms with Crippen molar-refractivity contribution in [3.63, 3.8) is 0 Å². The number of benzene rings is 1. The maximum absolute atomic E-state index is 12.7. The molecule has 0 spiro atoms. The fourth-order valence-corrected chi connectivity index (χ4v) is 2.58. The first-order valence-electron chi connectivity index (χ1n) is 6.73. The molecule has 4 nitrogen and oxygen atoms in total. The highest BCUT2D eigenvalue weighted by Crippen LogP contribution is 2.24. The minimum absolute atomic E-state index is 0.0421. The molecule has 1 heterocycles. The second kappa shape index (κ2) is 6.35. The van der Waals surface area contributed by atoms with Crippen molar-refractivity contribution in [1.29, 1.82) is 0 Å². The van der Waals surface area contributed by atoms with Crippen molar-refractivity contribution in [2.45, 2.75) is 19.9 Å². The molecule has 0 aliphatic carbocycles. The summed E-state index contributed by atoms with van der Waals surface area (Å²) < 4.78 is 8.00. The van der Waals surface area contributed by atoms with Crippen LogP contribution in [0, 0.1) is 0 Å². The minimum Gasteiger partial charge on any atom is -0.497 e. The van der Waals surface area contributed by atoms with Gasteiger partial charge in [0.15, 0.2) is 0 Å². The van der Waals surface area contributed by atoms with Crippen molar-refractivity contribution in [2.75, 3.05) is 19.1 Å². The molecule has 0 radical (unpaired) electrons. The SMILES string of the molecule is COc1ccc(N(C)C(=O)c2cc(Br)cn2C(C)C)cc1. The Bertz CT molecular complexity index is 632. The van der Waals surface area contributed by atoms with Gasteiger partial charge in [-0.25, -0.2) is 0 Å². The van der Waals surface area contributed by atoms with Gasteiger partial charge in [0, 0.05) is 29.4 Å². The molecule has 0 unspecified atom stereocenters. The highest BCUT2D eigenvalue weighted by molar-refractivity contribution is 9.10. The molecule has 112 valence electrons. The highest BCUT2D eigenvalue weighted by Gasteiger charge is 2.19. The quantitative estimate of drug-likeness (QED) is 0.831. The molecule has 2 aromatic rings. The summed E-state index contributed by atoms with van der Waals surface area (Å²) in [6.45, 7) is 4.10. The van der Waals surface area contributed by atoms with Crippen LogP contribution in [0.25, 0.3) is 0 Å². The molecule has 2 rings (SSSR count). The first-order valence-corrected chi connectivity index (χ1v) is 7.53. The summed E-state index contributed by atoms with van der Waals surface area (Å²) in [5.41, 5.74) is 1.49. The van der Waals surface area contributed by atoms with Crippen molar-refractivity contribution in [1.82, 2.24) is 4.57 Å². The fraction of sp³-hybridized carbons (Fsp3) is 0.312. The van der Waals surface area contributed by atoms with E-state index in [1.807, 2.05) is 41.1 Å². The summed E-state index contributed by atoms with van der Waals surface area (Å²) in [5.74, 6) is 0.729. The van der Waals surface area contributed by atoms with Crippen LogP contribution < -0.4 is 9.64 Å². The fourth-order valence-electron chi connectivity index (χ4n) is 2.14. The number of amides is 1. The van der Waals surface area contributed by atoms with Gasteiger partial charge in [-0.15, -0.1) is 0 Å². The molecule has 0 aliphatic heterocycles. The van der Waals surface area contributed by atoms with Gasteiger partial charge in [-0.2, -0.15) is 0 Å². The Morgan fingerprint density at radius 2 is 1.90 bits per heavy atom. The molecule has 0 aliphatic rings. The largest absolute Gasteiger partial charge is 0.497 e. The number of nitrogens with zero attached hydrogens (tertiary/aromatic N) is 2. The van der Waals surface area contributed by atoms with E-state index in [0.29, 0.717) is 5.69 Å². The van der Waals surface area contributed by atoms with E-state index >= 15 is 0 Å². The van der Waals surface area contributed by atoms with Crippen LogP contribution in [0.4, 0.5) is 5.69 Å². The summed E-state index contributed by atoms with van der Waals surface area (Å²) in [5, 5.41) is 0. The zero-order chi connectivity index (χ0) is 15.6. The number of rotatable bonds is 4. The molecular weight excluding hydrogens is 332 g/mol. The maximum Gasteiger partial charge on any atom is 0.274 e. The first kappa shape index (κ1) is 15.6. The molecule has 0 atom stereocenters. The van der Waals surface area contributed by atoms with Crippen molar-refractivity contribution in [3.8, 4) is 5.75 Å². The Hall–Kier alpha value is -1.75. The Balaban J connectivity index is 2.30. The first-order chi connectivity index (χ1) is 9.93. The summed E-state index contributed by atoms with van der Waals surface area (Å²) in [6, 6.07) is 9.50. The van der Waals surface area contributed by atoms with Gasteiger partial charge < -0.3 is 14.2 Å². The number of aromatic nitrogens is 1. The molecule has 1 amide bonds. The number of halogens is 1. The molecular formula is C16H19BrN2O2. The third kappa shape index (κ3) is 3.29. The van der Waals surface area contributed by atoms with Gasteiger partial charge >= 0.3 is 0 Å². The van der Waals surface area contributed by atoms with E-state index in [1.165, 1.54) is 0 Å².